The number of urea groups is 1. The molecule has 0 radical (unpaired) electrons. The summed E-state index contributed by atoms with van der Waals surface area (Å²) in [6.45, 7) is 4.17. The van der Waals surface area contributed by atoms with Gasteiger partial charge in [-0.25, -0.2) is 9.18 Å². The fourth-order valence-corrected chi connectivity index (χ4v) is 2.56. The Labute approximate surface area is 152 Å². The Morgan fingerprint density at radius 3 is 2.50 bits per heavy atom. The van der Waals surface area contributed by atoms with Crippen molar-refractivity contribution in [2.24, 2.45) is 0 Å². The van der Waals surface area contributed by atoms with Crippen molar-refractivity contribution in [3.63, 3.8) is 0 Å². The number of likely N-dealkylation sites (N-methyl/N-ethyl adjacent to an activating group) is 1. The summed E-state index contributed by atoms with van der Waals surface area (Å²) < 4.78 is 18.3. The van der Waals surface area contributed by atoms with E-state index in [2.05, 4.69) is 5.32 Å². The van der Waals surface area contributed by atoms with E-state index < -0.39 is 11.6 Å². The van der Waals surface area contributed by atoms with Crippen molar-refractivity contribution in [2.75, 3.05) is 26.7 Å². The summed E-state index contributed by atoms with van der Waals surface area (Å²) in [6, 6.07) is 5.24. The van der Waals surface area contributed by atoms with Gasteiger partial charge in [-0.2, -0.15) is 0 Å². The van der Waals surface area contributed by atoms with Crippen LogP contribution in [-0.2, 0) is 9.59 Å². The molecule has 142 valence electrons. The molecule has 0 aromatic heterocycles. The van der Waals surface area contributed by atoms with Crippen molar-refractivity contribution < 1.29 is 23.5 Å². The molecule has 0 saturated carbocycles. The molecule has 1 N–H and O–H groups in total. The molecule has 8 heteroatoms. The highest BCUT2D eigenvalue weighted by atomic mass is 19.1. The van der Waals surface area contributed by atoms with Crippen LogP contribution >= 0.6 is 0 Å². The van der Waals surface area contributed by atoms with Gasteiger partial charge in [-0.1, -0.05) is 0 Å². The zero-order valence-electron chi connectivity index (χ0n) is 15.3. The third-order valence-electron chi connectivity index (χ3n) is 4.15. The van der Waals surface area contributed by atoms with Gasteiger partial charge in [0, 0.05) is 20.0 Å². The van der Waals surface area contributed by atoms with Crippen LogP contribution in [0.25, 0.3) is 0 Å². The Morgan fingerprint density at radius 1 is 1.27 bits per heavy atom. The second kappa shape index (κ2) is 8.16. The summed E-state index contributed by atoms with van der Waals surface area (Å²) >= 11 is 0. The van der Waals surface area contributed by atoms with Gasteiger partial charge in [-0.15, -0.1) is 0 Å². The first kappa shape index (κ1) is 19.7. The largest absolute Gasteiger partial charge is 0.492 e. The van der Waals surface area contributed by atoms with Crippen LogP contribution in [0.1, 0.15) is 26.7 Å². The maximum absolute atomic E-state index is 12.8. The van der Waals surface area contributed by atoms with E-state index in [1.54, 1.807) is 20.9 Å². The van der Waals surface area contributed by atoms with Gasteiger partial charge in [0.1, 0.15) is 23.7 Å². The molecule has 1 saturated heterocycles. The van der Waals surface area contributed by atoms with Crippen LogP contribution < -0.4 is 10.1 Å². The third kappa shape index (κ3) is 4.93. The lowest BCUT2D eigenvalue weighted by Gasteiger charge is -2.19. The highest BCUT2D eigenvalue weighted by Gasteiger charge is 2.43. The van der Waals surface area contributed by atoms with Crippen LogP contribution in [0.3, 0.4) is 0 Å². The molecule has 0 bridgehead atoms. The summed E-state index contributed by atoms with van der Waals surface area (Å²) in [7, 11) is 1.66. The van der Waals surface area contributed by atoms with E-state index >= 15 is 0 Å². The molecule has 26 heavy (non-hydrogen) atoms. The van der Waals surface area contributed by atoms with Crippen molar-refractivity contribution >= 4 is 17.8 Å². The lowest BCUT2D eigenvalue weighted by Crippen LogP contribution is -2.40. The maximum atomic E-state index is 12.8. The summed E-state index contributed by atoms with van der Waals surface area (Å²) in [4.78, 5) is 38.6. The second-order valence-corrected chi connectivity index (χ2v) is 6.73. The predicted octanol–water partition coefficient (Wildman–Crippen LogP) is 1.77. The standard InChI is InChI=1S/C18H24FN3O4/c1-18(2)16(24)22(17(25)20-18)10-4-5-15(23)21(3)11-12-26-14-8-6-13(19)7-9-14/h6-9H,4-5,10-12H2,1-3H3,(H,20,25). The molecule has 0 unspecified atom stereocenters. The highest BCUT2D eigenvalue weighted by Crippen LogP contribution is 2.17. The number of nitrogens with zero attached hydrogens (tertiary/aromatic N) is 2. The van der Waals surface area contributed by atoms with Crippen molar-refractivity contribution in [3.05, 3.63) is 30.1 Å². The summed E-state index contributed by atoms with van der Waals surface area (Å²) in [5, 5.41) is 2.60. The number of amides is 4. The Kier molecular flexibility index (Phi) is 6.18. The lowest BCUT2D eigenvalue weighted by atomic mass is 10.1. The zero-order chi connectivity index (χ0) is 19.3. The van der Waals surface area contributed by atoms with Gasteiger partial charge in [0.15, 0.2) is 0 Å². The van der Waals surface area contributed by atoms with Gasteiger partial charge < -0.3 is 15.0 Å². The zero-order valence-corrected chi connectivity index (χ0v) is 15.3. The van der Waals surface area contributed by atoms with E-state index in [1.807, 2.05) is 0 Å². The van der Waals surface area contributed by atoms with Crippen molar-refractivity contribution in [2.45, 2.75) is 32.2 Å². The number of imide groups is 1. The quantitative estimate of drug-likeness (QED) is 0.712. The first-order valence-corrected chi connectivity index (χ1v) is 8.47. The molecule has 1 heterocycles. The van der Waals surface area contributed by atoms with Crippen LogP contribution in [0.2, 0.25) is 0 Å². The summed E-state index contributed by atoms with van der Waals surface area (Å²) in [5.41, 5.74) is -0.893. The monoisotopic (exact) mass is 365 g/mol. The Hall–Kier alpha value is -2.64. The average molecular weight is 365 g/mol. The lowest BCUT2D eigenvalue weighted by molar-refractivity contribution is -0.132. The van der Waals surface area contributed by atoms with E-state index in [9.17, 15) is 18.8 Å². The van der Waals surface area contributed by atoms with Crippen LogP contribution in [0, 0.1) is 5.82 Å². The molecule has 1 aliphatic heterocycles. The van der Waals surface area contributed by atoms with Crippen molar-refractivity contribution in [3.8, 4) is 5.75 Å². The number of hydrogen-bond acceptors (Lipinski definition) is 4. The Balaban J connectivity index is 1.68. The molecule has 4 amide bonds. The fourth-order valence-electron chi connectivity index (χ4n) is 2.56. The first-order chi connectivity index (χ1) is 12.2. The van der Waals surface area contributed by atoms with Crippen molar-refractivity contribution in [1.82, 2.24) is 15.1 Å². The molecule has 1 aromatic carbocycles. The van der Waals surface area contributed by atoms with E-state index in [0.717, 1.165) is 4.90 Å². The summed E-state index contributed by atoms with van der Waals surface area (Å²) in [6.07, 6.45) is 0.627. The van der Waals surface area contributed by atoms with E-state index in [4.69, 9.17) is 4.74 Å². The molecular weight excluding hydrogens is 341 g/mol. The van der Waals surface area contributed by atoms with E-state index in [1.165, 1.54) is 29.2 Å². The number of hydrogen-bond donors (Lipinski definition) is 1. The van der Waals surface area contributed by atoms with Crippen LogP contribution in [0.4, 0.5) is 9.18 Å². The molecule has 0 atom stereocenters. The molecule has 0 aliphatic carbocycles. The van der Waals surface area contributed by atoms with Crippen LogP contribution in [-0.4, -0.2) is 59.9 Å². The third-order valence-corrected chi connectivity index (χ3v) is 4.15. The van der Waals surface area contributed by atoms with Gasteiger partial charge >= 0.3 is 6.03 Å². The second-order valence-electron chi connectivity index (χ2n) is 6.73. The van der Waals surface area contributed by atoms with Crippen LogP contribution in [0.15, 0.2) is 24.3 Å². The Morgan fingerprint density at radius 2 is 1.92 bits per heavy atom. The molecule has 1 fully saturated rings. The SMILES string of the molecule is CN(CCOc1ccc(F)cc1)C(=O)CCCN1C(=O)NC(C)(C)C1=O. The smallest absolute Gasteiger partial charge is 0.325 e. The normalized spacial score (nSPS) is 15.8. The maximum Gasteiger partial charge on any atom is 0.325 e. The molecule has 1 aliphatic rings. The van der Waals surface area contributed by atoms with Gasteiger partial charge in [0.25, 0.3) is 5.91 Å². The van der Waals surface area contributed by atoms with Gasteiger partial charge in [-0.05, 0) is 44.5 Å². The highest BCUT2D eigenvalue weighted by molar-refractivity contribution is 6.06. The van der Waals surface area contributed by atoms with Gasteiger partial charge in [0.2, 0.25) is 5.91 Å². The minimum atomic E-state index is -0.893. The number of benzene rings is 1. The fraction of sp³-hybridized carbons (Fsp3) is 0.500. The number of carbonyl (C=O) groups excluding carboxylic acids is 3. The van der Waals surface area contributed by atoms with Crippen LogP contribution in [0.5, 0.6) is 5.75 Å². The van der Waals surface area contributed by atoms with E-state index in [-0.39, 0.29) is 37.2 Å². The topological polar surface area (TPSA) is 79.0 Å². The molecule has 7 nitrogen and oxygen atoms in total. The molecule has 1 aromatic rings. The van der Waals surface area contributed by atoms with E-state index in [0.29, 0.717) is 18.7 Å². The van der Waals surface area contributed by atoms with Gasteiger partial charge in [-0.3, -0.25) is 14.5 Å². The Bertz CT molecular complexity index is 676. The molecule has 2 rings (SSSR count). The number of rotatable bonds is 8. The van der Waals surface area contributed by atoms with Crippen molar-refractivity contribution in [1.29, 1.82) is 0 Å². The number of ether oxygens (including phenoxy) is 1. The minimum Gasteiger partial charge on any atom is -0.492 e. The number of nitrogens with one attached hydrogen (secondary N) is 1. The number of halogens is 1. The predicted molar refractivity (Wildman–Crippen MR) is 93.1 cm³/mol. The summed E-state index contributed by atoms with van der Waals surface area (Å²) in [5.74, 6) is -0.179. The molecular formula is C18H24FN3O4. The average Bonchev–Trinajstić information content (AvgIpc) is 2.77. The minimum absolute atomic E-state index is 0.0981. The molecule has 0 spiro atoms. The van der Waals surface area contributed by atoms with Gasteiger partial charge in [0.05, 0.1) is 6.54 Å². The number of carbonyl (C=O) groups is 3. The first-order valence-electron chi connectivity index (χ1n) is 8.47.